The number of likely N-dealkylation sites (tertiary alicyclic amines) is 1. The van der Waals surface area contributed by atoms with E-state index in [2.05, 4.69) is 36.1 Å². The van der Waals surface area contributed by atoms with Gasteiger partial charge < -0.3 is 4.90 Å². The molecule has 0 N–H and O–H groups in total. The third-order valence-electron chi connectivity index (χ3n) is 5.50. The molecule has 3 amide bonds. The first kappa shape index (κ1) is 14.7. The van der Waals surface area contributed by atoms with Crippen LogP contribution in [0.4, 0.5) is 4.79 Å². The molecule has 122 valence electrons. The van der Waals surface area contributed by atoms with Crippen molar-refractivity contribution in [2.45, 2.75) is 50.9 Å². The van der Waals surface area contributed by atoms with Gasteiger partial charge in [-0.2, -0.15) is 0 Å². The summed E-state index contributed by atoms with van der Waals surface area (Å²) in [4.78, 5) is 30.9. The molecule has 3 saturated heterocycles. The van der Waals surface area contributed by atoms with Gasteiger partial charge in [0.2, 0.25) is 0 Å². The van der Waals surface area contributed by atoms with Crippen LogP contribution in [0, 0.1) is 0 Å². The van der Waals surface area contributed by atoms with Gasteiger partial charge in [0.1, 0.15) is 6.04 Å². The number of imide groups is 1. The maximum Gasteiger partial charge on any atom is 0.327 e. The number of benzene rings is 1. The molecule has 0 bridgehead atoms. The highest BCUT2D eigenvalue weighted by atomic mass is 16.2. The van der Waals surface area contributed by atoms with Gasteiger partial charge in [0, 0.05) is 25.7 Å². The fraction of sp³-hybridized carbons (Fsp3) is 0.556. The average molecular weight is 313 g/mol. The Balaban J connectivity index is 1.47. The summed E-state index contributed by atoms with van der Waals surface area (Å²) in [6.45, 7) is 4.59. The second-order valence-corrected chi connectivity index (χ2v) is 7.00. The van der Waals surface area contributed by atoms with Crippen LogP contribution in [0.3, 0.4) is 0 Å². The zero-order valence-corrected chi connectivity index (χ0v) is 13.5. The van der Waals surface area contributed by atoms with Crippen LogP contribution in [0.1, 0.15) is 31.7 Å². The van der Waals surface area contributed by atoms with Crippen LogP contribution >= 0.6 is 0 Å². The number of rotatable bonds is 3. The van der Waals surface area contributed by atoms with Crippen molar-refractivity contribution in [1.29, 1.82) is 0 Å². The monoisotopic (exact) mass is 313 g/mol. The summed E-state index contributed by atoms with van der Waals surface area (Å²) in [7, 11) is 0. The third kappa shape index (κ3) is 2.43. The van der Waals surface area contributed by atoms with Crippen molar-refractivity contribution < 1.29 is 9.59 Å². The zero-order valence-electron chi connectivity index (χ0n) is 13.5. The summed E-state index contributed by atoms with van der Waals surface area (Å²) < 4.78 is 0. The van der Waals surface area contributed by atoms with E-state index in [-0.39, 0.29) is 24.0 Å². The molecule has 0 saturated carbocycles. The average Bonchev–Trinajstić information content (AvgIpc) is 3.21. The molecule has 0 aliphatic carbocycles. The smallest absolute Gasteiger partial charge is 0.312 e. The Hall–Kier alpha value is -1.88. The Morgan fingerprint density at radius 2 is 1.96 bits per heavy atom. The molecule has 0 radical (unpaired) electrons. The molecule has 23 heavy (non-hydrogen) atoms. The predicted molar refractivity (Wildman–Crippen MR) is 86.7 cm³/mol. The van der Waals surface area contributed by atoms with Gasteiger partial charge >= 0.3 is 6.03 Å². The van der Waals surface area contributed by atoms with Gasteiger partial charge in [-0.25, -0.2) is 4.79 Å². The molecule has 3 aliphatic heterocycles. The first-order valence-corrected chi connectivity index (χ1v) is 8.57. The summed E-state index contributed by atoms with van der Waals surface area (Å²) in [5, 5.41) is 0. The molecule has 3 fully saturated rings. The van der Waals surface area contributed by atoms with E-state index in [0.717, 1.165) is 38.9 Å². The van der Waals surface area contributed by atoms with E-state index in [1.807, 2.05) is 6.07 Å². The molecule has 1 aromatic carbocycles. The summed E-state index contributed by atoms with van der Waals surface area (Å²) in [6.07, 6.45) is 2.67. The Morgan fingerprint density at radius 1 is 1.17 bits per heavy atom. The first-order chi connectivity index (χ1) is 11.1. The van der Waals surface area contributed by atoms with Crippen LogP contribution in [0.5, 0.6) is 0 Å². The minimum absolute atomic E-state index is 0.0271. The lowest BCUT2D eigenvalue weighted by Gasteiger charge is -2.23. The van der Waals surface area contributed by atoms with Gasteiger partial charge in [-0.1, -0.05) is 30.3 Å². The number of carbonyl (C=O) groups is 2. The van der Waals surface area contributed by atoms with Crippen molar-refractivity contribution >= 4 is 11.9 Å². The van der Waals surface area contributed by atoms with Gasteiger partial charge in [0.15, 0.2) is 0 Å². The second-order valence-electron chi connectivity index (χ2n) is 7.00. The van der Waals surface area contributed by atoms with Crippen LogP contribution < -0.4 is 0 Å². The van der Waals surface area contributed by atoms with Crippen LogP contribution in [-0.4, -0.2) is 57.9 Å². The highest BCUT2D eigenvalue weighted by molar-refractivity contribution is 6.05. The minimum atomic E-state index is -0.180. The molecule has 3 aliphatic rings. The molecule has 5 nitrogen and oxygen atoms in total. The number of amides is 3. The van der Waals surface area contributed by atoms with E-state index in [0.29, 0.717) is 6.04 Å². The molecule has 0 spiro atoms. The predicted octanol–water partition coefficient (Wildman–Crippen LogP) is 2.08. The number of carbonyl (C=O) groups excluding carboxylic acids is 2. The number of hydrogen-bond donors (Lipinski definition) is 0. The maximum absolute atomic E-state index is 12.6. The summed E-state index contributed by atoms with van der Waals surface area (Å²) >= 11 is 0. The van der Waals surface area contributed by atoms with Crippen molar-refractivity contribution in [3.8, 4) is 0 Å². The van der Waals surface area contributed by atoms with E-state index >= 15 is 0 Å². The Kier molecular flexibility index (Phi) is 3.60. The zero-order chi connectivity index (χ0) is 16.0. The Labute approximate surface area is 136 Å². The summed E-state index contributed by atoms with van der Waals surface area (Å²) in [6, 6.07) is 10.6. The van der Waals surface area contributed by atoms with Gasteiger partial charge in [0.25, 0.3) is 5.91 Å². The number of fused-ring (bicyclic) bond motifs is 1. The maximum atomic E-state index is 12.6. The quantitative estimate of drug-likeness (QED) is 0.803. The lowest BCUT2D eigenvalue weighted by Crippen LogP contribution is -2.43. The van der Waals surface area contributed by atoms with Gasteiger partial charge in [0.05, 0.1) is 6.04 Å². The highest BCUT2D eigenvalue weighted by Crippen LogP contribution is 2.33. The molecular weight excluding hydrogens is 290 g/mol. The van der Waals surface area contributed by atoms with Crippen LogP contribution in [0.2, 0.25) is 0 Å². The molecular formula is C18H23N3O2. The topological polar surface area (TPSA) is 43.9 Å². The summed E-state index contributed by atoms with van der Waals surface area (Å²) in [5.74, 6) is 0.0336. The largest absolute Gasteiger partial charge is 0.327 e. The Bertz CT molecular complexity index is 596. The Morgan fingerprint density at radius 3 is 2.70 bits per heavy atom. The van der Waals surface area contributed by atoms with Crippen molar-refractivity contribution in [1.82, 2.24) is 14.7 Å². The SMILES string of the molecule is C[C@@H]1C[C@@H](N2C(=O)[C@H]3CCCN3C2=O)CN1Cc1ccccc1. The lowest BCUT2D eigenvalue weighted by molar-refractivity contribution is -0.129. The summed E-state index contributed by atoms with van der Waals surface area (Å²) in [5.41, 5.74) is 1.28. The first-order valence-electron chi connectivity index (χ1n) is 8.57. The molecule has 4 rings (SSSR count). The van der Waals surface area contributed by atoms with Crippen LogP contribution in [-0.2, 0) is 11.3 Å². The minimum Gasteiger partial charge on any atom is -0.312 e. The van der Waals surface area contributed by atoms with Crippen molar-refractivity contribution in [2.75, 3.05) is 13.1 Å². The van der Waals surface area contributed by atoms with E-state index in [4.69, 9.17) is 0 Å². The van der Waals surface area contributed by atoms with E-state index < -0.39 is 0 Å². The van der Waals surface area contributed by atoms with E-state index in [1.54, 1.807) is 9.80 Å². The number of urea groups is 1. The molecule has 3 atom stereocenters. The standard InChI is InChI=1S/C18H23N3O2/c1-13-10-15(12-19(13)11-14-6-3-2-4-7-14)21-17(22)16-8-5-9-20(16)18(21)23/h2-4,6-7,13,15-16H,5,8-12H2,1H3/t13-,15-,16-/m1/s1. The number of nitrogens with zero attached hydrogens (tertiary/aromatic N) is 3. The van der Waals surface area contributed by atoms with E-state index in [1.165, 1.54) is 5.56 Å². The van der Waals surface area contributed by atoms with Crippen molar-refractivity contribution in [3.63, 3.8) is 0 Å². The third-order valence-corrected chi connectivity index (χ3v) is 5.50. The van der Waals surface area contributed by atoms with E-state index in [9.17, 15) is 9.59 Å². The number of hydrogen-bond acceptors (Lipinski definition) is 3. The molecule has 0 unspecified atom stereocenters. The molecule has 0 aromatic heterocycles. The van der Waals surface area contributed by atoms with Crippen LogP contribution in [0.25, 0.3) is 0 Å². The van der Waals surface area contributed by atoms with Crippen LogP contribution in [0.15, 0.2) is 30.3 Å². The fourth-order valence-corrected chi connectivity index (χ4v) is 4.28. The second kappa shape index (κ2) is 5.64. The normalized spacial score (nSPS) is 31.3. The molecule has 5 heteroatoms. The molecule has 3 heterocycles. The van der Waals surface area contributed by atoms with Crippen molar-refractivity contribution in [3.05, 3.63) is 35.9 Å². The molecule has 1 aromatic rings. The fourth-order valence-electron chi connectivity index (χ4n) is 4.28. The van der Waals surface area contributed by atoms with Gasteiger partial charge in [-0.3, -0.25) is 14.6 Å². The van der Waals surface area contributed by atoms with Gasteiger partial charge in [-0.05, 0) is 31.7 Å². The van der Waals surface area contributed by atoms with Gasteiger partial charge in [-0.15, -0.1) is 0 Å². The highest BCUT2D eigenvalue weighted by Gasteiger charge is 2.51. The van der Waals surface area contributed by atoms with Crippen molar-refractivity contribution in [2.24, 2.45) is 0 Å². The lowest BCUT2D eigenvalue weighted by atomic mass is 10.1.